The summed E-state index contributed by atoms with van der Waals surface area (Å²) in [6.07, 6.45) is 13.3. The van der Waals surface area contributed by atoms with Gasteiger partial charge in [0.25, 0.3) is 0 Å². The van der Waals surface area contributed by atoms with E-state index in [9.17, 15) is 0 Å². The second-order valence-electron chi connectivity index (χ2n) is 8.00. The Balaban J connectivity index is 1.43. The molecule has 2 saturated carbocycles. The largest absolute Gasteiger partial charge is 0.314 e. The van der Waals surface area contributed by atoms with E-state index in [1.807, 2.05) is 0 Å². The number of hydrogen-bond acceptors (Lipinski definition) is 2. The average molecular weight is 278 g/mol. The van der Waals surface area contributed by atoms with Crippen molar-refractivity contribution >= 4 is 0 Å². The molecule has 2 nitrogen and oxygen atoms in total. The molecule has 2 heteroatoms. The molecule has 0 aromatic carbocycles. The van der Waals surface area contributed by atoms with Crippen molar-refractivity contribution in [3.8, 4) is 0 Å². The lowest BCUT2D eigenvalue weighted by Crippen LogP contribution is -2.48. The Kier molecular flexibility index (Phi) is 4.72. The maximum absolute atomic E-state index is 3.71. The summed E-state index contributed by atoms with van der Waals surface area (Å²) >= 11 is 0. The van der Waals surface area contributed by atoms with Crippen LogP contribution in [0.1, 0.15) is 71.6 Å². The highest BCUT2D eigenvalue weighted by Crippen LogP contribution is 2.44. The van der Waals surface area contributed by atoms with Gasteiger partial charge in [0, 0.05) is 12.1 Å². The van der Waals surface area contributed by atoms with Crippen molar-refractivity contribution in [2.45, 2.75) is 83.7 Å². The highest BCUT2D eigenvalue weighted by atomic mass is 15.2. The van der Waals surface area contributed by atoms with E-state index in [4.69, 9.17) is 0 Å². The van der Waals surface area contributed by atoms with E-state index >= 15 is 0 Å². The summed E-state index contributed by atoms with van der Waals surface area (Å²) in [7, 11) is 0. The average Bonchev–Trinajstić information content (AvgIpc) is 3.30. The quantitative estimate of drug-likeness (QED) is 0.822. The van der Waals surface area contributed by atoms with Crippen molar-refractivity contribution in [1.29, 1.82) is 0 Å². The molecule has 1 spiro atoms. The van der Waals surface area contributed by atoms with E-state index in [0.717, 1.165) is 23.4 Å². The van der Waals surface area contributed by atoms with E-state index in [2.05, 4.69) is 24.1 Å². The Morgan fingerprint density at radius 3 is 2.25 bits per heavy atom. The van der Waals surface area contributed by atoms with Crippen LogP contribution in [-0.2, 0) is 0 Å². The third kappa shape index (κ3) is 3.57. The van der Waals surface area contributed by atoms with Gasteiger partial charge in [0.1, 0.15) is 0 Å². The van der Waals surface area contributed by atoms with Gasteiger partial charge in [0.2, 0.25) is 0 Å². The van der Waals surface area contributed by atoms with E-state index in [0.29, 0.717) is 0 Å². The first-order valence-electron chi connectivity index (χ1n) is 9.16. The maximum Gasteiger partial charge on any atom is 0.0105 e. The molecule has 0 radical (unpaired) electrons. The summed E-state index contributed by atoms with van der Waals surface area (Å²) in [5.74, 6) is 0.788. The van der Waals surface area contributed by atoms with Crippen LogP contribution in [0, 0.1) is 11.3 Å². The molecule has 2 unspecified atom stereocenters. The fourth-order valence-electron chi connectivity index (χ4n) is 4.38. The summed E-state index contributed by atoms with van der Waals surface area (Å²) in [5.41, 5.74) is 0.754. The van der Waals surface area contributed by atoms with Crippen molar-refractivity contribution in [2.24, 2.45) is 11.3 Å². The molecular weight excluding hydrogens is 244 g/mol. The molecule has 0 bridgehead atoms. The summed E-state index contributed by atoms with van der Waals surface area (Å²) in [6.45, 7) is 8.82. The number of likely N-dealkylation sites (tertiary alicyclic amines) is 1. The first kappa shape index (κ1) is 14.8. The second-order valence-corrected chi connectivity index (χ2v) is 8.00. The van der Waals surface area contributed by atoms with Gasteiger partial charge in [-0.3, -0.25) is 0 Å². The Morgan fingerprint density at radius 2 is 1.65 bits per heavy atom. The molecule has 0 aromatic rings. The fourth-order valence-corrected chi connectivity index (χ4v) is 4.38. The monoisotopic (exact) mass is 278 g/mol. The minimum absolute atomic E-state index is 0.752. The van der Waals surface area contributed by atoms with Gasteiger partial charge in [-0.05, 0) is 76.4 Å². The minimum atomic E-state index is 0.752. The van der Waals surface area contributed by atoms with Crippen LogP contribution in [0.3, 0.4) is 0 Å². The lowest BCUT2D eigenvalue weighted by molar-refractivity contribution is 0.0360. The predicted molar refractivity (Wildman–Crippen MR) is 86.0 cm³/mol. The number of nitrogens with one attached hydrogen (secondary N) is 1. The molecule has 1 N–H and O–H groups in total. The number of rotatable bonds is 5. The Morgan fingerprint density at radius 1 is 1.00 bits per heavy atom. The van der Waals surface area contributed by atoms with Crippen molar-refractivity contribution in [2.75, 3.05) is 19.6 Å². The van der Waals surface area contributed by atoms with Crippen LogP contribution in [0.5, 0.6) is 0 Å². The van der Waals surface area contributed by atoms with Gasteiger partial charge in [0.15, 0.2) is 0 Å². The predicted octanol–water partition coefficient (Wildman–Crippen LogP) is 3.81. The topological polar surface area (TPSA) is 15.3 Å². The molecule has 1 aliphatic heterocycles. The van der Waals surface area contributed by atoms with Crippen molar-refractivity contribution < 1.29 is 0 Å². The molecule has 0 amide bonds. The van der Waals surface area contributed by atoms with Crippen LogP contribution in [0.4, 0.5) is 0 Å². The summed E-state index contributed by atoms with van der Waals surface area (Å²) < 4.78 is 0. The normalized spacial score (nSPS) is 30.3. The highest BCUT2D eigenvalue weighted by Gasteiger charge is 2.37. The molecule has 2 aliphatic carbocycles. The standard InChI is InChI=1S/C18H34N2/c1-15(14-19-17-6-7-17)16(2)20-12-10-18(11-13-20)8-4-3-5-9-18/h15-17,19H,3-14H2,1-2H3. The zero-order valence-electron chi connectivity index (χ0n) is 13.7. The van der Waals surface area contributed by atoms with Gasteiger partial charge in [-0.15, -0.1) is 0 Å². The van der Waals surface area contributed by atoms with Gasteiger partial charge >= 0.3 is 0 Å². The van der Waals surface area contributed by atoms with Crippen molar-refractivity contribution in [1.82, 2.24) is 10.2 Å². The summed E-state index contributed by atoms with van der Waals surface area (Å²) in [6, 6.07) is 1.61. The lowest BCUT2D eigenvalue weighted by atomic mass is 9.68. The number of hydrogen-bond donors (Lipinski definition) is 1. The van der Waals surface area contributed by atoms with Gasteiger partial charge in [-0.2, -0.15) is 0 Å². The van der Waals surface area contributed by atoms with E-state index in [1.54, 1.807) is 0 Å². The van der Waals surface area contributed by atoms with E-state index in [1.165, 1.54) is 77.4 Å². The summed E-state index contributed by atoms with van der Waals surface area (Å²) in [4.78, 5) is 2.78. The first-order valence-corrected chi connectivity index (χ1v) is 9.16. The van der Waals surface area contributed by atoms with Crippen LogP contribution >= 0.6 is 0 Å². The zero-order valence-corrected chi connectivity index (χ0v) is 13.7. The number of piperidine rings is 1. The first-order chi connectivity index (χ1) is 9.69. The molecule has 3 aliphatic rings. The minimum Gasteiger partial charge on any atom is -0.314 e. The lowest BCUT2D eigenvalue weighted by Gasteiger charge is -2.47. The smallest absolute Gasteiger partial charge is 0.0105 e. The van der Waals surface area contributed by atoms with E-state index in [-0.39, 0.29) is 0 Å². The SMILES string of the molecule is CC(CNC1CC1)C(C)N1CCC2(CCCCC2)CC1. The Bertz CT molecular complexity index is 295. The van der Waals surface area contributed by atoms with Crippen LogP contribution in [0.15, 0.2) is 0 Å². The van der Waals surface area contributed by atoms with Crippen LogP contribution < -0.4 is 5.32 Å². The maximum atomic E-state index is 3.71. The van der Waals surface area contributed by atoms with Gasteiger partial charge < -0.3 is 10.2 Å². The molecule has 20 heavy (non-hydrogen) atoms. The molecule has 0 aromatic heterocycles. The molecule has 1 saturated heterocycles. The Hall–Kier alpha value is -0.0800. The van der Waals surface area contributed by atoms with Gasteiger partial charge in [-0.1, -0.05) is 26.2 Å². The third-order valence-electron chi connectivity index (χ3n) is 6.48. The highest BCUT2D eigenvalue weighted by molar-refractivity contribution is 4.91. The molecule has 2 atom stereocenters. The zero-order chi connectivity index (χ0) is 14.0. The van der Waals surface area contributed by atoms with Gasteiger partial charge in [-0.25, -0.2) is 0 Å². The second kappa shape index (κ2) is 6.36. The molecule has 1 heterocycles. The van der Waals surface area contributed by atoms with Crippen LogP contribution in [-0.4, -0.2) is 36.6 Å². The van der Waals surface area contributed by atoms with Crippen LogP contribution in [0.25, 0.3) is 0 Å². The molecule has 3 fully saturated rings. The van der Waals surface area contributed by atoms with Gasteiger partial charge in [0.05, 0.1) is 0 Å². The molecular formula is C18H34N2. The fraction of sp³-hybridized carbons (Fsp3) is 1.00. The van der Waals surface area contributed by atoms with E-state index < -0.39 is 0 Å². The van der Waals surface area contributed by atoms with Crippen molar-refractivity contribution in [3.63, 3.8) is 0 Å². The Labute approximate surface area is 125 Å². The summed E-state index contributed by atoms with van der Waals surface area (Å²) in [5, 5.41) is 3.71. The van der Waals surface area contributed by atoms with Crippen LogP contribution in [0.2, 0.25) is 0 Å². The number of nitrogens with zero attached hydrogens (tertiary/aromatic N) is 1. The third-order valence-corrected chi connectivity index (χ3v) is 6.48. The molecule has 116 valence electrons. The van der Waals surface area contributed by atoms with Crippen molar-refractivity contribution in [3.05, 3.63) is 0 Å². The molecule has 3 rings (SSSR count).